The number of nitrogens with two attached hydrogens (primary N) is 1. The molecule has 0 saturated carbocycles. The molecule has 3 rings (SSSR count). The summed E-state index contributed by atoms with van der Waals surface area (Å²) in [6.45, 7) is 5.33. The molecule has 32 heavy (non-hydrogen) atoms. The van der Waals surface area contributed by atoms with Crippen LogP contribution in [0.3, 0.4) is 0 Å². The molecule has 0 amide bonds. The molecule has 1 saturated heterocycles. The summed E-state index contributed by atoms with van der Waals surface area (Å²) in [4.78, 5) is 6.89. The van der Waals surface area contributed by atoms with Crippen LogP contribution in [0, 0.1) is 5.82 Å². The second-order valence-electron chi connectivity index (χ2n) is 7.61. The number of benzene rings is 2. The van der Waals surface area contributed by atoms with E-state index in [0.29, 0.717) is 17.6 Å². The van der Waals surface area contributed by atoms with Gasteiger partial charge in [0.1, 0.15) is 5.82 Å². The summed E-state index contributed by atoms with van der Waals surface area (Å²) in [5.74, 6) is -0.0569. The van der Waals surface area contributed by atoms with E-state index in [9.17, 15) is 12.8 Å². The van der Waals surface area contributed by atoms with Crippen LogP contribution in [0.2, 0.25) is 0 Å². The van der Waals surface area contributed by atoms with Gasteiger partial charge in [0.25, 0.3) is 0 Å². The van der Waals surface area contributed by atoms with Gasteiger partial charge in [-0.1, -0.05) is 31.2 Å². The first-order valence-electron chi connectivity index (χ1n) is 10.5. The third kappa shape index (κ3) is 7.68. The van der Waals surface area contributed by atoms with Crippen molar-refractivity contribution in [3.05, 3.63) is 65.5 Å². The Bertz CT molecular complexity index is 1020. The zero-order valence-electron chi connectivity index (χ0n) is 18.1. The van der Waals surface area contributed by atoms with Crippen LogP contribution in [-0.4, -0.2) is 45.0 Å². The maximum Gasteiger partial charge on any atom is 0.240 e. The summed E-state index contributed by atoms with van der Waals surface area (Å²) >= 11 is 0. The fourth-order valence-corrected chi connectivity index (χ4v) is 4.80. The highest BCUT2D eigenvalue weighted by Gasteiger charge is 2.22. The maximum absolute atomic E-state index is 13.3. The molecule has 176 valence electrons. The number of hydrogen-bond acceptors (Lipinski definition) is 4. The molecule has 1 fully saturated rings. The highest BCUT2D eigenvalue weighted by atomic mass is 127. The quantitative estimate of drug-likeness (QED) is 0.243. The molecule has 1 atom stereocenters. The van der Waals surface area contributed by atoms with Crippen molar-refractivity contribution in [2.45, 2.75) is 43.8 Å². The highest BCUT2D eigenvalue weighted by molar-refractivity contribution is 14.0. The molecule has 1 aliphatic rings. The second-order valence-corrected chi connectivity index (χ2v) is 9.38. The fourth-order valence-electron chi connectivity index (χ4n) is 3.72. The number of likely N-dealkylation sites (N-methyl/N-ethyl adjacent to an activating group) is 1. The topological polar surface area (TPSA) is 99.8 Å². The van der Waals surface area contributed by atoms with Gasteiger partial charge in [-0.15, -0.1) is 24.0 Å². The van der Waals surface area contributed by atoms with Crippen LogP contribution < -0.4 is 15.8 Å². The van der Waals surface area contributed by atoms with Crippen molar-refractivity contribution in [2.75, 3.05) is 19.6 Å². The molecule has 0 radical (unpaired) electrons. The van der Waals surface area contributed by atoms with Crippen LogP contribution in [0.4, 0.5) is 4.39 Å². The first-order valence-corrected chi connectivity index (χ1v) is 12.0. The molecule has 1 aliphatic heterocycles. The Hall–Kier alpha value is -1.76. The predicted octanol–water partition coefficient (Wildman–Crippen LogP) is 2.81. The van der Waals surface area contributed by atoms with Crippen LogP contribution >= 0.6 is 24.0 Å². The average molecular weight is 575 g/mol. The molecule has 1 unspecified atom stereocenters. The molecule has 0 bridgehead atoms. The van der Waals surface area contributed by atoms with Crippen LogP contribution in [0.5, 0.6) is 0 Å². The Kier molecular flexibility index (Phi) is 10.3. The molecule has 7 nitrogen and oxygen atoms in total. The number of nitrogens with one attached hydrogen (secondary N) is 2. The van der Waals surface area contributed by atoms with Crippen LogP contribution in [0.1, 0.15) is 30.9 Å². The summed E-state index contributed by atoms with van der Waals surface area (Å²) < 4.78 is 41.0. The SMILES string of the molecule is CCN1CCCC1CNC(N)=NCc1cccc(S(=O)(=O)NCc2cccc(F)c2)c1.I. The van der Waals surface area contributed by atoms with E-state index in [1.165, 1.54) is 24.6 Å². The van der Waals surface area contributed by atoms with Crippen LogP contribution in [0.15, 0.2) is 58.4 Å². The largest absolute Gasteiger partial charge is 0.370 e. The zero-order valence-corrected chi connectivity index (χ0v) is 21.3. The van der Waals surface area contributed by atoms with Gasteiger partial charge in [0.05, 0.1) is 11.4 Å². The molecule has 2 aromatic rings. The standard InChI is InChI=1S/C22H30FN5O2S.HI/c1-2-28-11-5-9-20(28)16-26-22(24)25-14-18-7-4-10-21(13-18)31(29,30)27-15-17-6-3-8-19(23)12-17;/h3-4,6-8,10,12-13,20,27H,2,5,9,11,14-16H2,1H3,(H3,24,25,26);1H. The molecule has 1 heterocycles. The van der Waals surface area contributed by atoms with E-state index in [1.807, 2.05) is 0 Å². The van der Waals surface area contributed by atoms with Crippen molar-refractivity contribution in [1.82, 2.24) is 14.9 Å². The normalized spacial score (nSPS) is 17.2. The van der Waals surface area contributed by atoms with Crippen LogP contribution in [0.25, 0.3) is 0 Å². The minimum atomic E-state index is -3.74. The van der Waals surface area contributed by atoms with Crippen molar-refractivity contribution in [2.24, 2.45) is 10.7 Å². The highest BCUT2D eigenvalue weighted by Crippen LogP contribution is 2.16. The maximum atomic E-state index is 13.3. The van der Waals surface area contributed by atoms with Crippen molar-refractivity contribution >= 4 is 40.0 Å². The lowest BCUT2D eigenvalue weighted by atomic mass is 10.2. The van der Waals surface area contributed by atoms with Gasteiger partial charge in [-0.25, -0.2) is 22.5 Å². The minimum Gasteiger partial charge on any atom is -0.370 e. The van der Waals surface area contributed by atoms with E-state index in [1.54, 1.807) is 30.3 Å². The van der Waals surface area contributed by atoms with Crippen molar-refractivity contribution in [3.8, 4) is 0 Å². The number of rotatable bonds is 9. The molecule has 2 aromatic carbocycles. The fraction of sp³-hybridized carbons (Fsp3) is 0.409. The number of guanidine groups is 1. The summed E-state index contributed by atoms with van der Waals surface area (Å²) in [5.41, 5.74) is 7.27. The summed E-state index contributed by atoms with van der Waals surface area (Å²) in [5, 5.41) is 3.17. The molecule has 4 N–H and O–H groups in total. The van der Waals surface area contributed by atoms with E-state index in [-0.39, 0.29) is 42.0 Å². The van der Waals surface area contributed by atoms with Gasteiger partial charge in [-0.05, 0) is 61.3 Å². The van der Waals surface area contributed by atoms with Crippen molar-refractivity contribution in [3.63, 3.8) is 0 Å². The number of likely N-dealkylation sites (tertiary alicyclic amines) is 1. The lowest BCUT2D eigenvalue weighted by Gasteiger charge is -2.23. The van der Waals surface area contributed by atoms with Gasteiger partial charge in [-0.3, -0.25) is 4.90 Å². The average Bonchev–Trinajstić information content (AvgIpc) is 3.23. The number of aliphatic imine (C=N–C) groups is 1. The number of nitrogens with zero attached hydrogens (tertiary/aromatic N) is 2. The third-order valence-corrected chi connectivity index (χ3v) is 6.82. The third-order valence-electron chi connectivity index (χ3n) is 5.42. The van der Waals surface area contributed by atoms with Gasteiger partial charge in [0.15, 0.2) is 5.96 Å². The van der Waals surface area contributed by atoms with Gasteiger partial charge in [-0.2, -0.15) is 0 Å². The Labute approximate surface area is 206 Å². The van der Waals surface area contributed by atoms with Gasteiger partial charge in [0.2, 0.25) is 10.0 Å². The first kappa shape index (κ1) is 26.5. The first-order chi connectivity index (χ1) is 14.9. The van der Waals surface area contributed by atoms with Gasteiger partial charge >= 0.3 is 0 Å². The van der Waals surface area contributed by atoms with E-state index in [2.05, 4.69) is 26.9 Å². The Morgan fingerprint density at radius 3 is 2.72 bits per heavy atom. The van der Waals surface area contributed by atoms with E-state index in [0.717, 1.165) is 31.6 Å². The monoisotopic (exact) mass is 575 g/mol. The Balaban J connectivity index is 0.00000363. The lowest BCUT2D eigenvalue weighted by Crippen LogP contribution is -2.42. The summed E-state index contributed by atoms with van der Waals surface area (Å²) in [6, 6.07) is 12.9. The molecule has 0 aromatic heterocycles. The predicted molar refractivity (Wildman–Crippen MR) is 136 cm³/mol. The van der Waals surface area contributed by atoms with E-state index < -0.39 is 15.8 Å². The molecular weight excluding hydrogens is 544 g/mol. The van der Waals surface area contributed by atoms with Gasteiger partial charge < -0.3 is 11.1 Å². The molecular formula is C22H31FIN5O2S. The smallest absolute Gasteiger partial charge is 0.240 e. The second kappa shape index (κ2) is 12.5. The van der Waals surface area contributed by atoms with Crippen molar-refractivity contribution in [1.29, 1.82) is 0 Å². The summed E-state index contributed by atoms with van der Waals surface area (Å²) in [6.07, 6.45) is 2.35. The molecule has 0 aliphatic carbocycles. The van der Waals surface area contributed by atoms with Crippen LogP contribution in [-0.2, 0) is 23.1 Å². The Morgan fingerprint density at radius 2 is 1.97 bits per heavy atom. The number of halogens is 2. The summed E-state index contributed by atoms with van der Waals surface area (Å²) in [7, 11) is -3.74. The van der Waals surface area contributed by atoms with E-state index in [4.69, 9.17) is 5.73 Å². The minimum absolute atomic E-state index is 0. The number of hydrogen-bond donors (Lipinski definition) is 3. The van der Waals surface area contributed by atoms with E-state index >= 15 is 0 Å². The molecule has 0 spiro atoms. The Morgan fingerprint density at radius 1 is 1.22 bits per heavy atom. The molecule has 10 heteroatoms. The van der Waals surface area contributed by atoms with Gasteiger partial charge in [0, 0.05) is 19.1 Å². The zero-order chi connectivity index (χ0) is 22.3. The number of sulfonamides is 1. The lowest BCUT2D eigenvalue weighted by molar-refractivity contribution is 0.267. The van der Waals surface area contributed by atoms with Crippen molar-refractivity contribution < 1.29 is 12.8 Å².